The van der Waals surface area contributed by atoms with Gasteiger partial charge in [0, 0.05) is 31.4 Å². The Morgan fingerprint density at radius 3 is 2.57 bits per heavy atom. The van der Waals surface area contributed by atoms with Crippen LogP contribution in [-0.2, 0) is 7.05 Å². The van der Waals surface area contributed by atoms with Gasteiger partial charge < -0.3 is 5.32 Å². The molecule has 1 unspecified atom stereocenters. The van der Waals surface area contributed by atoms with Crippen LogP contribution in [0, 0.1) is 11.6 Å². The lowest BCUT2D eigenvalue weighted by Gasteiger charge is -2.28. The van der Waals surface area contributed by atoms with Crippen LogP contribution in [0.4, 0.5) is 8.78 Å². The molecule has 5 nitrogen and oxygen atoms in total. The van der Waals surface area contributed by atoms with Gasteiger partial charge in [-0.25, -0.2) is 8.78 Å². The van der Waals surface area contributed by atoms with Gasteiger partial charge in [-0.1, -0.05) is 30.3 Å². The summed E-state index contributed by atoms with van der Waals surface area (Å²) in [6.45, 7) is 2.42. The third kappa shape index (κ3) is 4.26. The number of benzene rings is 2. The molecule has 1 amide bonds. The third-order valence-corrected chi connectivity index (χ3v) is 5.48. The van der Waals surface area contributed by atoms with Crippen LogP contribution in [0.2, 0.25) is 0 Å². The Labute approximate surface area is 174 Å². The van der Waals surface area contributed by atoms with E-state index in [9.17, 15) is 13.6 Å². The van der Waals surface area contributed by atoms with Crippen molar-refractivity contribution in [1.29, 1.82) is 0 Å². The summed E-state index contributed by atoms with van der Waals surface area (Å²) in [4.78, 5) is 15.4. The molecule has 4 rings (SSSR count). The largest absolute Gasteiger partial charge is 0.350 e. The number of rotatable bonds is 6. The number of aromatic nitrogens is 2. The number of aryl methyl sites for hydroxylation is 1. The lowest BCUT2D eigenvalue weighted by molar-refractivity contribution is 0.0938. The Kier molecular flexibility index (Phi) is 5.90. The Hall–Kier alpha value is -3.06. The molecule has 0 aliphatic carbocycles. The molecular weight excluding hydrogens is 386 g/mol. The number of amides is 1. The summed E-state index contributed by atoms with van der Waals surface area (Å²) in [7, 11) is 1.67. The number of halogens is 2. The average Bonchev–Trinajstić information content (AvgIpc) is 3.39. The molecule has 1 saturated heterocycles. The van der Waals surface area contributed by atoms with Gasteiger partial charge in [-0.2, -0.15) is 5.10 Å². The molecule has 0 spiro atoms. The highest BCUT2D eigenvalue weighted by Crippen LogP contribution is 2.27. The first-order valence-electron chi connectivity index (χ1n) is 10.1. The molecule has 0 saturated carbocycles. The SMILES string of the molecule is Cn1cc(C(=O)NCC(c2ccccc2)N2CCCC2)c(-c2ccc(F)cc2F)n1. The minimum atomic E-state index is -0.748. The molecule has 0 radical (unpaired) electrons. The second kappa shape index (κ2) is 8.75. The van der Waals surface area contributed by atoms with Crippen LogP contribution in [0.3, 0.4) is 0 Å². The maximum Gasteiger partial charge on any atom is 0.255 e. The van der Waals surface area contributed by atoms with E-state index in [2.05, 4.69) is 27.4 Å². The predicted molar refractivity (Wildman–Crippen MR) is 111 cm³/mol. The lowest BCUT2D eigenvalue weighted by atomic mass is 10.0. The number of likely N-dealkylation sites (tertiary alicyclic amines) is 1. The fourth-order valence-corrected chi connectivity index (χ4v) is 4.01. The van der Waals surface area contributed by atoms with Crippen LogP contribution < -0.4 is 5.32 Å². The molecule has 0 bridgehead atoms. The first-order chi connectivity index (χ1) is 14.5. The van der Waals surface area contributed by atoms with Crippen molar-refractivity contribution in [3.8, 4) is 11.3 Å². The number of carbonyl (C=O) groups excluding carboxylic acids is 1. The molecule has 1 atom stereocenters. The van der Waals surface area contributed by atoms with Crippen LogP contribution in [0.25, 0.3) is 11.3 Å². The van der Waals surface area contributed by atoms with Gasteiger partial charge in [-0.3, -0.25) is 14.4 Å². The average molecular weight is 410 g/mol. The van der Waals surface area contributed by atoms with Gasteiger partial charge in [-0.15, -0.1) is 0 Å². The summed E-state index contributed by atoms with van der Waals surface area (Å²) in [6, 6.07) is 13.4. The molecular formula is C23H24F2N4O. The molecule has 156 valence electrons. The minimum absolute atomic E-state index is 0.0697. The predicted octanol–water partition coefficient (Wildman–Crippen LogP) is 3.93. The summed E-state index contributed by atoms with van der Waals surface area (Å²) in [5.74, 6) is -1.75. The number of carbonyl (C=O) groups is 1. The Morgan fingerprint density at radius 2 is 1.87 bits per heavy atom. The Morgan fingerprint density at radius 1 is 1.13 bits per heavy atom. The van der Waals surface area contributed by atoms with Crippen molar-refractivity contribution in [2.24, 2.45) is 7.05 Å². The molecule has 2 aromatic carbocycles. The summed E-state index contributed by atoms with van der Waals surface area (Å²) in [5, 5.41) is 7.24. The quantitative estimate of drug-likeness (QED) is 0.670. The first-order valence-corrected chi connectivity index (χ1v) is 10.1. The van der Waals surface area contributed by atoms with E-state index in [0.29, 0.717) is 6.54 Å². The Balaban J connectivity index is 1.56. The molecule has 30 heavy (non-hydrogen) atoms. The van der Waals surface area contributed by atoms with E-state index in [0.717, 1.165) is 43.6 Å². The monoisotopic (exact) mass is 410 g/mol. The summed E-state index contributed by atoms with van der Waals surface area (Å²) >= 11 is 0. The van der Waals surface area contributed by atoms with Crippen molar-refractivity contribution in [3.63, 3.8) is 0 Å². The van der Waals surface area contributed by atoms with Crippen LogP contribution >= 0.6 is 0 Å². The maximum atomic E-state index is 14.3. The molecule has 1 aliphatic heterocycles. The Bertz CT molecular complexity index is 1030. The van der Waals surface area contributed by atoms with Gasteiger partial charge in [0.25, 0.3) is 5.91 Å². The van der Waals surface area contributed by atoms with Gasteiger partial charge in [0.2, 0.25) is 0 Å². The van der Waals surface area contributed by atoms with E-state index in [1.54, 1.807) is 13.2 Å². The minimum Gasteiger partial charge on any atom is -0.350 e. The van der Waals surface area contributed by atoms with Crippen molar-refractivity contribution in [2.45, 2.75) is 18.9 Å². The number of nitrogens with zero attached hydrogens (tertiary/aromatic N) is 3. The summed E-state index contributed by atoms with van der Waals surface area (Å²) < 4.78 is 29.1. The molecule has 1 aliphatic rings. The van der Waals surface area contributed by atoms with E-state index >= 15 is 0 Å². The molecule has 1 aromatic heterocycles. The van der Waals surface area contributed by atoms with Crippen molar-refractivity contribution in [2.75, 3.05) is 19.6 Å². The fraction of sp³-hybridized carbons (Fsp3) is 0.304. The summed E-state index contributed by atoms with van der Waals surface area (Å²) in [5.41, 5.74) is 1.71. The van der Waals surface area contributed by atoms with Crippen molar-refractivity contribution < 1.29 is 13.6 Å². The molecule has 7 heteroatoms. The second-order valence-electron chi connectivity index (χ2n) is 7.57. The van der Waals surface area contributed by atoms with Crippen molar-refractivity contribution in [1.82, 2.24) is 20.0 Å². The molecule has 3 aromatic rings. The topological polar surface area (TPSA) is 50.2 Å². The van der Waals surface area contributed by atoms with E-state index in [1.165, 1.54) is 10.7 Å². The highest BCUT2D eigenvalue weighted by atomic mass is 19.1. The van der Waals surface area contributed by atoms with E-state index in [4.69, 9.17) is 0 Å². The highest BCUT2D eigenvalue weighted by molar-refractivity contribution is 5.99. The lowest BCUT2D eigenvalue weighted by Crippen LogP contribution is -2.36. The van der Waals surface area contributed by atoms with Crippen LogP contribution in [0.5, 0.6) is 0 Å². The zero-order valence-electron chi connectivity index (χ0n) is 16.8. The van der Waals surface area contributed by atoms with Crippen molar-refractivity contribution in [3.05, 3.63) is 77.5 Å². The fourth-order valence-electron chi connectivity index (χ4n) is 4.01. The normalized spacial score (nSPS) is 15.3. The zero-order valence-corrected chi connectivity index (χ0v) is 16.8. The van der Waals surface area contributed by atoms with Gasteiger partial charge in [0.15, 0.2) is 0 Å². The number of hydrogen-bond acceptors (Lipinski definition) is 3. The van der Waals surface area contributed by atoms with Crippen LogP contribution in [-0.4, -0.2) is 40.2 Å². The second-order valence-corrected chi connectivity index (χ2v) is 7.57. The van der Waals surface area contributed by atoms with E-state index in [-0.39, 0.29) is 28.8 Å². The highest BCUT2D eigenvalue weighted by Gasteiger charge is 2.25. The number of nitrogens with one attached hydrogen (secondary N) is 1. The van der Waals surface area contributed by atoms with Crippen LogP contribution in [0.1, 0.15) is 34.8 Å². The number of hydrogen-bond donors (Lipinski definition) is 1. The van der Waals surface area contributed by atoms with Crippen molar-refractivity contribution >= 4 is 5.91 Å². The van der Waals surface area contributed by atoms with E-state index < -0.39 is 11.6 Å². The molecule has 2 heterocycles. The zero-order chi connectivity index (χ0) is 21.1. The van der Waals surface area contributed by atoms with E-state index in [1.807, 2.05) is 18.2 Å². The van der Waals surface area contributed by atoms with Gasteiger partial charge >= 0.3 is 0 Å². The van der Waals surface area contributed by atoms with Gasteiger partial charge in [0.05, 0.1) is 11.6 Å². The first kappa shape index (κ1) is 20.2. The smallest absolute Gasteiger partial charge is 0.255 e. The van der Waals surface area contributed by atoms with Crippen LogP contribution in [0.15, 0.2) is 54.7 Å². The maximum absolute atomic E-state index is 14.3. The third-order valence-electron chi connectivity index (χ3n) is 5.48. The molecule has 1 N–H and O–H groups in total. The standard InChI is InChI=1S/C23H24F2N4O/c1-28-15-19(22(27-28)18-10-9-17(24)13-20(18)25)23(30)26-14-21(29-11-5-6-12-29)16-7-3-2-4-8-16/h2-4,7-10,13,15,21H,5-6,11-12,14H2,1H3,(H,26,30). The van der Waals surface area contributed by atoms with Gasteiger partial charge in [0.1, 0.15) is 17.3 Å². The van der Waals surface area contributed by atoms with Gasteiger partial charge in [-0.05, 0) is 43.6 Å². The summed E-state index contributed by atoms with van der Waals surface area (Å²) in [6.07, 6.45) is 3.85. The molecule has 1 fully saturated rings.